The molecule has 11 nitrogen and oxygen atoms in total. The smallest absolute Gasteiger partial charge is 0.269 e. The summed E-state index contributed by atoms with van der Waals surface area (Å²) in [5.74, 6) is -0.676. The lowest BCUT2D eigenvalue weighted by molar-refractivity contribution is -0.141. The van der Waals surface area contributed by atoms with Crippen LogP contribution in [0.5, 0.6) is 0 Å². The number of carbonyl (C=O) groups is 3. The second kappa shape index (κ2) is 7.90. The summed E-state index contributed by atoms with van der Waals surface area (Å²) < 4.78 is 1.49. The molecule has 1 aliphatic carbocycles. The van der Waals surface area contributed by atoms with Gasteiger partial charge in [-0.05, 0) is 44.2 Å². The SMILES string of the molecule is Cc1cc2[nH]cnc2c(NC(=O)[C@@H]2[C@H]3CC[C@H](C3)N2C(=O)Cn2nc(C(N)=O)c3ccccc32)n1. The summed E-state index contributed by atoms with van der Waals surface area (Å²) in [4.78, 5) is 52.4. The number of hydrogen-bond donors (Lipinski definition) is 3. The van der Waals surface area contributed by atoms with Gasteiger partial charge in [0.1, 0.15) is 18.1 Å². The first-order valence-corrected chi connectivity index (χ1v) is 11.6. The van der Waals surface area contributed by atoms with Crippen molar-refractivity contribution < 1.29 is 14.4 Å². The van der Waals surface area contributed by atoms with Crippen LogP contribution in [0, 0.1) is 12.8 Å². The van der Waals surface area contributed by atoms with E-state index in [-0.39, 0.29) is 36.0 Å². The normalized spacial score (nSPS) is 21.2. The minimum absolute atomic E-state index is 0.00319. The van der Waals surface area contributed by atoms with E-state index in [1.54, 1.807) is 29.4 Å². The minimum Gasteiger partial charge on any atom is -0.364 e. The molecule has 1 aliphatic heterocycles. The van der Waals surface area contributed by atoms with Crippen molar-refractivity contribution in [2.24, 2.45) is 11.7 Å². The van der Waals surface area contributed by atoms with Crippen molar-refractivity contribution in [2.45, 2.75) is 44.8 Å². The van der Waals surface area contributed by atoms with Crippen LogP contribution in [-0.4, -0.2) is 59.4 Å². The molecule has 3 atom stereocenters. The standard InChI is InChI=1S/C24H24N8O3/c1-12-8-16-20(27-11-26-16)23(28-12)29-24(35)21-13-6-7-14(9-13)32(21)18(33)10-31-17-5-3-2-4-15(17)19(30-31)22(25)34/h2-5,8,11,13-14,21H,6-7,9-10H2,1H3,(H2,25,34)(H,26,27)(H,28,29,35)/t13-,14+,21-/m0/s1. The predicted molar refractivity (Wildman–Crippen MR) is 127 cm³/mol. The van der Waals surface area contributed by atoms with Crippen molar-refractivity contribution in [3.63, 3.8) is 0 Å². The molecule has 11 heteroatoms. The number of para-hydroxylation sites is 1. The molecule has 4 aromatic rings. The van der Waals surface area contributed by atoms with Crippen LogP contribution in [0.1, 0.15) is 35.4 Å². The van der Waals surface area contributed by atoms with E-state index < -0.39 is 11.9 Å². The Bertz CT molecular complexity index is 1510. The van der Waals surface area contributed by atoms with Gasteiger partial charge >= 0.3 is 0 Å². The van der Waals surface area contributed by atoms with Crippen molar-refractivity contribution in [1.29, 1.82) is 0 Å². The fraction of sp³-hybridized carbons (Fsp3) is 0.333. The number of aryl methyl sites for hydroxylation is 1. The number of aromatic amines is 1. The van der Waals surface area contributed by atoms with Crippen LogP contribution in [-0.2, 0) is 16.1 Å². The lowest BCUT2D eigenvalue weighted by atomic mass is 9.97. The fourth-order valence-electron chi connectivity index (χ4n) is 5.68. The number of benzene rings is 1. The number of H-pyrrole nitrogens is 1. The van der Waals surface area contributed by atoms with E-state index in [4.69, 9.17) is 5.73 Å². The lowest BCUT2D eigenvalue weighted by Crippen LogP contribution is -2.52. The number of rotatable bonds is 5. The number of nitrogens with zero attached hydrogens (tertiary/aromatic N) is 5. The largest absolute Gasteiger partial charge is 0.364 e. The van der Waals surface area contributed by atoms with Gasteiger partial charge in [0.15, 0.2) is 11.5 Å². The van der Waals surface area contributed by atoms with Gasteiger partial charge in [0, 0.05) is 17.1 Å². The zero-order valence-electron chi connectivity index (χ0n) is 19.1. The minimum atomic E-state index is -0.653. The number of nitrogens with one attached hydrogen (secondary N) is 2. The van der Waals surface area contributed by atoms with Gasteiger partial charge < -0.3 is 20.9 Å². The molecule has 4 N–H and O–H groups in total. The van der Waals surface area contributed by atoms with E-state index in [1.807, 2.05) is 19.1 Å². The molecule has 0 radical (unpaired) electrons. The van der Waals surface area contributed by atoms with E-state index in [1.165, 1.54) is 4.68 Å². The average molecular weight is 473 g/mol. The van der Waals surface area contributed by atoms with Gasteiger partial charge in [-0.15, -0.1) is 0 Å². The van der Waals surface area contributed by atoms with E-state index in [9.17, 15) is 14.4 Å². The number of amides is 3. The molecular formula is C24H24N8O3. The van der Waals surface area contributed by atoms with E-state index >= 15 is 0 Å². The molecule has 2 aliphatic rings. The highest BCUT2D eigenvalue weighted by molar-refractivity contribution is 6.05. The van der Waals surface area contributed by atoms with Crippen molar-refractivity contribution in [1.82, 2.24) is 29.6 Å². The quantitative estimate of drug-likeness (QED) is 0.402. The zero-order valence-corrected chi connectivity index (χ0v) is 19.1. The van der Waals surface area contributed by atoms with Crippen molar-refractivity contribution in [2.75, 3.05) is 5.32 Å². The second-order valence-corrected chi connectivity index (χ2v) is 9.26. The fourth-order valence-corrected chi connectivity index (χ4v) is 5.68. The number of carbonyl (C=O) groups excluding carboxylic acids is 3. The Morgan fingerprint density at radius 1 is 1.23 bits per heavy atom. The van der Waals surface area contributed by atoms with Crippen LogP contribution in [0.4, 0.5) is 5.82 Å². The van der Waals surface area contributed by atoms with Crippen LogP contribution in [0.25, 0.3) is 21.9 Å². The summed E-state index contributed by atoms with van der Waals surface area (Å²) in [6.45, 7) is 1.76. The van der Waals surface area contributed by atoms with Gasteiger partial charge in [-0.2, -0.15) is 5.10 Å². The van der Waals surface area contributed by atoms with Gasteiger partial charge in [0.25, 0.3) is 5.91 Å². The van der Waals surface area contributed by atoms with Crippen molar-refractivity contribution in [3.05, 3.63) is 48.0 Å². The van der Waals surface area contributed by atoms with Crippen LogP contribution in [0.15, 0.2) is 36.7 Å². The van der Waals surface area contributed by atoms with Crippen LogP contribution < -0.4 is 11.1 Å². The Labute approximate surface area is 199 Å². The third-order valence-corrected chi connectivity index (χ3v) is 7.09. The van der Waals surface area contributed by atoms with E-state index in [0.717, 1.165) is 30.5 Å². The molecule has 1 aromatic carbocycles. The summed E-state index contributed by atoms with van der Waals surface area (Å²) in [5, 5.41) is 7.83. The third kappa shape index (κ3) is 3.42. The summed E-state index contributed by atoms with van der Waals surface area (Å²) in [7, 11) is 0. The Kier molecular flexibility index (Phi) is 4.80. The molecule has 3 amide bonds. The number of aromatic nitrogens is 5. The molecule has 1 saturated heterocycles. The number of piperidine rings is 1. The number of hydrogen-bond acceptors (Lipinski definition) is 6. The molecule has 6 rings (SSSR count). The molecule has 1 saturated carbocycles. The maximum absolute atomic E-state index is 13.6. The number of primary amides is 1. The zero-order chi connectivity index (χ0) is 24.3. The summed E-state index contributed by atoms with van der Waals surface area (Å²) in [5.41, 5.74) is 8.37. The first-order chi connectivity index (χ1) is 16.9. The topological polar surface area (TPSA) is 152 Å². The van der Waals surface area contributed by atoms with Gasteiger partial charge in [0.2, 0.25) is 11.8 Å². The molecule has 2 bridgehead atoms. The highest BCUT2D eigenvalue weighted by Gasteiger charge is 2.51. The number of imidazole rings is 1. The Balaban J connectivity index is 1.29. The highest BCUT2D eigenvalue weighted by atomic mass is 16.2. The maximum Gasteiger partial charge on any atom is 0.269 e. The first kappa shape index (κ1) is 21.3. The molecule has 4 heterocycles. The Hall–Kier alpha value is -4.28. The third-order valence-electron chi connectivity index (χ3n) is 7.09. The van der Waals surface area contributed by atoms with Crippen LogP contribution >= 0.6 is 0 Å². The lowest BCUT2D eigenvalue weighted by Gasteiger charge is -2.34. The van der Waals surface area contributed by atoms with Gasteiger partial charge in [-0.25, -0.2) is 9.97 Å². The average Bonchev–Trinajstić information content (AvgIpc) is 3.61. The number of likely N-dealkylation sites (tertiary alicyclic amines) is 1. The Morgan fingerprint density at radius 3 is 2.89 bits per heavy atom. The van der Waals surface area contributed by atoms with Gasteiger partial charge in [-0.3, -0.25) is 19.1 Å². The van der Waals surface area contributed by atoms with Crippen LogP contribution in [0.3, 0.4) is 0 Å². The molecule has 2 fully saturated rings. The molecule has 0 spiro atoms. The van der Waals surface area contributed by atoms with Gasteiger partial charge in [0.05, 0.1) is 17.4 Å². The summed E-state index contributed by atoms with van der Waals surface area (Å²) >= 11 is 0. The highest BCUT2D eigenvalue weighted by Crippen LogP contribution is 2.43. The Morgan fingerprint density at radius 2 is 2.06 bits per heavy atom. The summed E-state index contributed by atoms with van der Waals surface area (Å²) in [6.07, 6.45) is 4.10. The summed E-state index contributed by atoms with van der Waals surface area (Å²) in [6, 6.07) is 8.40. The number of pyridine rings is 1. The van der Waals surface area contributed by atoms with Crippen molar-refractivity contribution in [3.8, 4) is 0 Å². The maximum atomic E-state index is 13.6. The first-order valence-electron chi connectivity index (χ1n) is 11.6. The molecule has 178 valence electrons. The van der Waals surface area contributed by atoms with E-state index in [0.29, 0.717) is 22.2 Å². The number of fused-ring (bicyclic) bond motifs is 4. The van der Waals surface area contributed by atoms with Crippen molar-refractivity contribution >= 4 is 45.5 Å². The predicted octanol–water partition coefficient (Wildman–Crippen LogP) is 1.73. The second-order valence-electron chi connectivity index (χ2n) is 9.26. The van der Waals surface area contributed by atoms with Crippen LogP contribution in [0.2, 0.25) is 0 Å². The number of anilines is 1. The molecule has 35 heavy (non-hydrogen) atoms. The monoisotopic (exact) mass is 472 g/mol. The molecular weight excluding hydrogens is 448 g/mol. The molecule has 3 aromatic heterocycles. The molecule has 0 unspecified atom stereocenters. The number of nitrogens with two attached hydrogens (primary N) is 1. The van der Waals surface area contributed by atoms with Gasteiger partial charge in [-0.1, -0.05) is 18.2 Å². The van der Waals surface area contributed by atoms with E-state index in [2.05, 4.69) is 25.4 Å².